The highest BCUT2D eigenvalue weighted by molar-refractivity contribution is 5.78. The van der Waals surface area contributed by atoms with E-state index in [9.17, 15) is 9.59 Å². The lowest BCUT2D eigenvalue weighted by atomic mass is 10.3. The van der Waals surface area contributed by atoms with Crippen LogP contribution in [0.4, 0.5) is 0 Å². The smallest absolute Gasteiger partial charge is 0.317 e. The highest BCUT2D eigenvalue weighted by atomic mass is 16.4. The number of carboxylic acids is 1. The van der Waals surface area contributed by atoms with E-state index in [4.69, 9.17) is 10.4 Å². The first kappa shape index (κ1) is 14.4. The van der Waals surface area contributed by atoms with E-state index in [0.29, 0.717) is 45.7 Å². The van der Waals surface area contributed by atoms with Crippen LogP contribution < -0.4 is 5.32 Å². The molecule has 1 aliphatic heterocycles. The van der Waals surface area contributed by atoms with Crippen LogP contribution in [0.1, 0.15) is 6.42 Å². The molecule has 1 saturated heterocycles. The summed E-state index contributed by atoms with van der Waals surface area (Å²) in [5.41, 5.74) is 0. The van der Waals surface area contributed by atoms with Gasteiger partial charge in [-0.15, -0.1) is 0 Å². The minimum atomic E-state index is -0.822. The Morgan fingerprint density at radius 2 is 1.72 bits per heavy atom. The van der Waals surface area contributed by atoms with Crippen LogP contribution >= 0.6 is 0 Å². The number of piperazine rings is 1. The Kier molecular flexibility index (Phi) is 6.11. The molecule has 0 atom stereocenters. The molecule has 0 aromatic heterocycles. The maximum atomic E-state index is 11.5. The fourth-order valence-electron chi connectivity index (χ4n) is 1.81. The van der Waals surface area contributed by atoms with Gasteiger partial charge in [0.15, 0.2) is 0 Å². The Hall–Kier alpha value is -1.65. The molecule has 0 spiro atoms. The van der Waals surface area contributed by atoms with Crippen LogP contribution in [0.5, 0.6) is 0 Å². The van der Waals surface area contributed by atoms with E-state index in [-0.39, 0.29) is 12.5 Å². The Balaban J connectivity index is 2.17. The molecule has 1 fully saturated rings. The average Bonchev–Trinajstić information content (AvgIpc) is 2.31. The summed E-state index contributed by atoms with van der Waals surface area (Å²) in [5, 5.41) is 19.7. The van der Waals surface area contributed by atoms with Gasteiger partial charge in [-0.1, -0.05) is 0 Å². The van der Waals surface area contributed by atoms with Crippen molar-refractivity contribution < 1.29 is 14.7 Å². The second kappa shape index (κ2) is 7.63. The standard InChI is InChI=1S/C11H18N4O3/c12-2-1-3-13-10(16)8-14-4-6-15(7-5-14)9-11(17)18/h1,3-9H2,(H,13,16)(H,17,18). The van der Waals surface area contributed by atoms with E-state index < -0.39 is 5.97 Å². The first-order valence-corrected chi connectivity index (χ1v) is 5.92. The molecular formula is C11H18N4O3. The molecule has 2 N–H and O–H groups in total. The molecule has 7 nitrogen and oxygen atoms in total. The molecule has 1 aliphatic rings. The minimum Gasteiger partial charge on any atom is -0.480 e. The molecule has 1 amide bonds. The summed E-state index contributed by atoms with van der Waals surface area (Å²) in [6, 6.07) is 1.96. The minimum absolute atomic E-state index is 0.0577. The van der Waals surface area contributed by atoms with Gasteiger partial charge in [-0.25, -0.2) is 0 Å². The lowest BCUT2D eigenvalue weighted by molar-refractivity contribution is -0.139. The highest BCUT2D eigenvalue weighted by Gasteiger charge is 2.19. The zero-order valence-corrected chi connectivity index (χ0v) is 10.3. The van der Waals surface area contributed by atoms with Gasteiger partial charge in [0.2, 0.25) is 5.91 Å². The molecule has 0 unspecified atom stereocenters. The lowest BCUT2D eigenvalue weighted by Crippen LogP contribution is -2.50. The number of rotatable bonds is 6. The Labute approximate surface area is 106 Å². The maximum absolute atomic E-state index is 11.5. The number of amides is 1. The highest BCUT2D eigenvalue weighted by Crippen LogP contribution is 2.00. The van der Waals surface area contributed by atoms with Crippen LogP contribution in [0.25, 0.3) is 0 Å². The van der Waals surface area contributed by atoms with Crippen LogP contribution in [-0.2, 0) is 9.59 Å². The van der Waals surface area contributed by atoms with Crippen LogP contribution in [0.15, 0.2) is 0 Å². The molecule has 0 aromatic carbocycles. The van der Waals surface area contributed by atoms with Crippen molar-refractivity contribution in [2.75, 3.05) is 45.8 Å². The number of carbonyl (C=O) groups is 2. The van der Waals surface area contributed by atoms with Crippen molar-refractivity contribution in [3.63, 3.8) is 0 Å². The van der Waals surface area contributed by atoms with Crippen LogP contribution in [-0.4, -0.2) is 72.6 Å². The normalized spacial score (nSPS) is 17.1. The van der Waals surface area contributed by atoms with Crippen molar-refractivity contribution in [2.24, 2.45) is 0 Å². The lowest BCUT2D eigenvalue weighted by Gasteiger charge is -2.33. The van der Waals surface area contributed by atoms with Crippen LogP contribution in [0, 0.1) is 11.3 Å². The number of hydrogen-bond donors (Lipinski definition) is 2. The second-order valence-corrected chi connectivity index (χ2v) is 4.20. The predicted molar refractivity (Wildman–Crippen MR) is 63.8 cm³/mol. The molecule has 0 aliphatic carbocycles. The summed E-state index contributed by atoms with van der Waals surface area (Å²) in [7, 11) is 0. The van der Waals surface area contributed by atoms with E-state index in [1.165, 1.54) is 0 Å². The zero-order valence-electron chi connectivity index (χ0n) is 10.3. The largest absolute Gasteiger partial charge is 0.480 e. The van der Waals surface area contributed by atoms with Gasteiger partial charge in [0.25, 0.3) is 0 Å². The Morgan fingerprint density at radius 1 is 1.17 bits per heavy atom. The van der Waals surface area contributed by atoms with Crippen molar-refractivity contribution in [1.82, 2.24) is 15.1 Å². The zero-order chi connectivity index (χ0) is 13.4. The third-order valence-corrected chi connectivity index (χ3v) is 2.75. The van der Waals surface area contributed by atoms with Crippen molar-refractivity contribution in [3.8, 4) is 6.07 Å². The quantitative estimate of drug-likeness (QED) is 0.573. The Bertz CT molecular complexity index is 332. The summed E-state index contributed by atoms with van der Waals surface area (Å²) in [5.74, 6) is -0.908. The number of nitriles is 1. The fourth-order valence-corrected chi connectivity index (χ4v) is 1.81. The monoisotopic (exact) mass is 254 g/mol. The van der Waals surface area contributed by atoms with Crippen molar-refractivity contribution in [1.29, 1.82) is 5.26 Å². The van der Waals surface area contributed by atoms with E-state index >= 15 is 0 Å². The number of nitrogens with zero attached hydrogens (tertiary/aromatic N) is 3. The summed E-state index contributed by atoms with van der Waals surface area (Å²) < 4.78 is 0. The summed E-state index contributed by atoms with van der Waals surface area (Å²) >= 11 is 0. The predicted octanol–water partition coefficient (Wildman–Crippen LogP) is -1.28. The number of carbonyl (C=O) groups excluding carboxylic acids is 1. The molecule has 1 heterocycles. The second-order valence-electron chi connectivity index (χ2n) is 4.20. The van der Waals surface area contributed by atoms with Crippen molar-refractivity contribution >= 4 is 11.9 Å². The van der Waals surface area contributed by atoms with Gasteiger partial charge in [0, 0.05) is 32.7 Å². The maximum Gasteiger partial charge on any atom is 0.317 e. The van der Waals surface area contributed by atoms with Crippen LogP contribution in [0.2, 0.25) is 0 Å². The molecule has 0 aromatic rings. The van der Waals surface area contributed by atoms with Gasteiger partial charge in [0.1, 0.15) is 0 Å². The number of carboxylic acid groups (broad SMARTS) is 1. The van der Waals surface area contributed by atoms with Gasteiger partial charge in [-0.2, -0.15) is 5.26 Å². The molecule has 18 heavy (non-hydrogen) atoms. The molecule has 0 radical (unpaired) electrons. The molecule has 1 rings (SSSR count). The average molecular weight is 254 g/mol. The molecule has 0 saturated carbocycles. The summed E-state index contributed by atoms with van der Waals surface area (Å²) in [6.07, 6.45) is 0.318. The van der Waals surface area contributed by atoms with Crippen molar-refractivity contribution in [3.05, 3.63) is 0 Å². The van der Waals surface area contributed by atoms with Gasteiger partial charge in [0.05, 0.1) is 25.6 Å². The number of nitrogens with one attached hydrogen (secondary N) is 1. The van der Waals surface area contributed by atoms with Gasteiger partial charge in [-0.05, 0) is 0 Å². The molecule has 100 valence electrons. The number of hydrogen-bond acceptors (Lipinski definition) is 5. The molecule has 0 bridgehead atoms. The molecular weight excluding hydrogens is 236 g/mol. The van der Waals surface area contributed by atoms with Gasteiger partial charge >= 0.3 is 5.97 Å². The van der Waals surface area contributed by atoms with E-state index in [1.54, 1.807) is 0 Å². The van der Waals surface area contributed by atoms with Crippen LogP contribution in [0.3, 0.4) is 0 Å². The first-order chi connectivity index (χ1) is 8.61. The third kappa shape index (κ3) is 5.61. The topological polar surface area (TPSA) is 96.7 Å². The van der Waals surface area contributed by atoms with Crippen molar-refractivity contribution in [2.45, 2.75) is 6.42 Å². The number of aliphatic carboxylic acids is 1. The van der Waals surface area contributed by atoms with Gasteiger partial charge < -0.3 is 10.4 Å². The SMILES string of the molecule is N#CCCNC(=O)CN1CCN(CC(=O)O)CC1. The summed E-state index contributed by atoms with van der Waals surface area (Å²) in [6.45, 7) is 3.47. The van der Waals surface area contributed by atoms with E-state index in [2.05, 4.69) is 5.32 Å². The third-order valence-electron chi connectivity index (χ3n) is 2.75. The fraction of sp³-hybridized carbons (Fsp3) is 0.727. The van der Waals surface area contributed by atoms with E-state index in [0.717, 1.165) is 0 Å². The molecule has 7 heteroatoms. The van der Waals surface area contributed by atoms with Gasteiger partial charge in [-0.3, -0.25) is 19.4 Å². The first-order valence-electron chi connectivity index (χ1n) is 5.92. The Morgan fingerprint density at radius 3 is 2.22 bits per heavy atom. The van der Waals surface area contributed by atoms with E-state index in [1.807, 2.05) is 15.9 Å². The summed E-state index contributed by atoms with van der Waals surface area (Å²) in [4.78, 5) is 25.8.